The van der Waals surface area contributed by atoms with E-state index in [2.05, 4.69) is 20.7 Å². The Morgan fingerprint density at radius 3 is 2.67 bits per heavy atom. The number of hydrogen-bond donors (Lipinski definition) is 1. The van der Waals surface area contributed by atoms with Gasteiger partial charge >= 0.3 is 0 Å². The normalized spacial score (nSPS) is 12.2. The Morgan fingerprint density at radius 2 is 2.11 bits per heavy atom. The van der Waals surface area contributed by atoms with E-state index in [-0.39, 0.29) is 6.54 Å². The SMILES string of the molecule is CN(C)CCOCCNS(=O)(=O)c1ccc(Br)s1. The molecule has 104 valence electrons. The zero-order valence-corrected chi connectivity index (χ0v) is 13.6. The average molecular weight is 357 g/mol. The number of nitrogens with one attached hydrogen (secondary N) is 1. The van der Waals surface area contributed by atoms with Crippen LogP contribution in [0.1, 0.15) is 0 Å². The summed E-state index contributed by atoms with van der Waals surface area (Å²) in [6, 6.07) is 3.29. The van der Waals surface area contributed by atoms with Gasteiger partial charge in [0.05, 0.1) is 17.0 Å². The van der Waals surface area contributed by atoms with E-state index in [1.807, 2.05) is 19.0 Å². The lowest BCUT2D eigenvalue weighted by molar-refractivity contribution is 0.122. The van der Waals surface area contributed by atoms with Crippen LogP contribution in [0, 0.1) is 0 Å². The molecule has 18 heavy (non-hydrogen) atoms. The molecular weight excluding hydrogens is 340 g/mol. The fourth-order valence-corrected chi connectivity index (χ4v) is 4.18. The first-order chi connectivity index (χ1) is 8.42. The number of hydrogen-bond acceptors (Lipinski definition) is 5. The number of sulfonamides is 1. The van der Waals surface area contributed by atoms with Crippen molar-refractivity contribution in [2.24, 2.45) is 0 Å². The van der Waals surface area contributed by atoms with Crippen LogP contribution in [-0.2, 0) is 14.8 Å². The Bertz CT molecular complexity index is 459. The highest BCUT2D eigenvalue weighted by Crippen LogP contribution is 2.25. The maximum Gasteiger partial charge on any atom is 0.250 e. The summed E-state index contributed by atoms with van der Waals surface area (Å²) in [5.41, 5.74) is 0. The van der Waals surface area contributed by atoms with Crippen molar-refractivity contribution in [3.8, 4) is 0 Å². The molecule has 0 saturated carbocycles. The van der Waals surface area contributed by atoms with Crippen LogP contribution in [0.5, 0.6) is 0 Å². The molecule has 1 rings (SSSR count). The smallest absolute Gasteiger partial charge is 0.250 e. The van der Waals surface area contributed by atoms with Gasteiger partial charge in [0.15, 0.2) is 0 Å². The van der Waals surface area contributed by atoms with E-state index >= 15 is 0 Å². The first-order valence-electron chi connectivity index (χ1n) is 5.39. The first kappa shape index (κ1) is 16.1. The van der Waals surface area contributed by atoms with E-state index < -0.39 is 10.0 Å². The minimum absolute atomic E-state index is 0.283. The Morgan fingerprint density at radius 1 is 1.39 bits per heavy atom. The zero-order valence-electron chi connectivity index (χ0n) is 10.3. The van der Waals surface area contributed by atoms with Gasteiger partial charge in [-0.1, -0.05) is 0 Å². The van der Waals surface area contributed by atoms with Gasteiger partial charge in [-0.25, -0.2) is 13.1 Å². The largest absolute Gasteiger partial charge is 0.379 e. The molecule has 0 radical (unpaired) electrons. The van der Waals surface area contributed by atoms with Crippen LogP contribution in [0.3, 0.4) is 0 Å². The molecule has 0 spiro atoms. The second-order valence-electron chi connectivity index (χ2n) is 3.87. The average Bonchev–Trinajstić information content (AvgIpc) is 2.70. The van der Waals surface area contributed by atoms with Gasteiger partial charge in [0.25, 0.3) is 0 Å². The highest BCUT2D eigenvalue weighted by molar-refractivity contribution is 9.11. The maximum atomic E-state index is 11.8. The topological polar surface area (TPSA) is 58.6 Å². The van der Waals surface area contributed by atoms with Crippen molar-refractivity contribution in [3.05, 3.63) is 15.9 Å². The third-order valence-corrected chi connectivity index (χ3v) is 5.61. The minimum atomic E-state index is -3.39. The summed E-state index contributed by atoms with van der Waals surface area (Å²) < 4.78 is 32.5. The molecule has 0 amide bonds. The highest BCUT2D eigenvalue weighted by atomic mass is 79.9. The summed E-state index contributed by atoms with van der Waals surface area (Å²) in [6.07, 6.45) is 0. The fraction of sp³-hybridized carbons (Fsp3) is 0.600. The van der Waals surface area contributed by atoms with Crippen molar-refractivity contribution in [2.75, 3.05) is 40.4 Å². The van der Waals surface area contributed by atoms with Gasteiger partial charge < -0.3 is 9.64 Å². The van der Waals surface area contributed by atoms with Crippen molar-refractivity contribution in [3.63, 3.8) is 0 Å². The Hall–Kier alpha value is 0.01000. The van der Waals surface area contributed by atoms with E-state index in [1.54, 1.807) is 12.1 Å². The fourth-order valence-electron chi connectivity index (χ4n) is 1.11. The van der Waals surface area contributed by atoms with E-state index in [9.17, 15) is 8.42 Å². The standard InChI is InChI=1S/C10H17BrN2O3S2/c1-13(2)6-8-16-7-5-12-18(14,15)10-4-3-9(11)17-10/h3-4,12H,5-8H2,1-2H3. The van der Waals surface area contributed by atoms with E-state index in [4.69, 9.17) is 4.74 Å². The highest BCUT2D eigenvalue weighted by Gasteiger charge is 2.15. The van der Waals surface area contributed by atoms with Crippen LogP contribution in [0.25, 0.3) is 0 Å². The van der Waals surface area contributed by atoms with Crippen molar-refractivity contribution in [2.45, 2.75) is 4.21 Å². The predicted molar refractivity (Wildman–Crippen MR) is 76.6 cm³/mol. The lowest BCUT2D eigenvalue weighted by Crippen LogP contribution is -2.28. The van der Waals surface area contributed by atoms with Gasteiger partial charge in [-0.05, 0) is 42.2 Å². The molecule has 0 aliphatic heterocycles. The van der Waals surface area contributed by atoms with Crippen LogP contribution < -0.4 is 4.72 Å². The molecule has 5 nitrogen and oxygen atoms in total. The summed E-state index contributed by atoms with van der Waals surface area (Å²) in [5.74, 6) is 0. The molecule has 0 fully saturated rings. The second-order valence-corrected chi connectivity index (χ2v) is 8.33. The van der Waals surface area contributed by atoms with Crippen molar-refractivity contribution in [1.82, 2.24) is 9.62 Å². The van der Waals surface area contributed by atoms with Crippen molar-refractivity contribution in [1.29, 1.82) is 0 Å². The molecular formula is C10H17BrN2O3S2. The van der Waals surface area contributed by atoms with E-state index in [0.29, 0.717) is 17.4 Å². The molecule has 0 aliphatic rings. The molecule has 0 aliphatic carbocycles. The monoisotopic (exact) mass is 356 g/mol. The quantitative estimate of drug-likeness (QED) is 0.714. The second kappa shape index (κ2) is 7.56. The summed E-state index contributed by atoms with van der Waals surface area (Å²) in [4.78, 5) is 2.01. The Balaban J connectivity index is 2.26. The summed E-state index contributed by atoms with van der Waals surface area (Å²) >= 11 is 4.42. The summed E-state index contributed by atoms with van der Waals surface area (Å²) in [7, 11) is 0.523. The molecule has 1 aromatic heterocycles. The van der Waals surface area contributed by atoms with Gasteiger partial charge in [-0.15, -0.1) is 11.3 Å². The Kier molecular flexibility index (Phi) is 6.75. The molecule has 0 saturated heterocycles. The molecule has 8 heteroatoms. The zero-order chi connectivity index (χ0) is 13.6. The molecule has 0 atom stereocenters. The van der Waals surface area contributed by atoms with Crippen LogP contribution in [0.2, 0.25) is 0 Å². The van der Waals surface area contributed by atoms with Crippen LogP contribution >= 0.6 is 27.3 Å². The molecule has 0 bridgehead atoms. The molecule has 1 heterocycles. The van der Waals surface area contributed by atoms with Crippen LogP contribution in [-0.4, -0.2) is 53.7 Å². The summed E-state index contributed by atoms with van der Waals surface area (Å²) in [5, 5.41) is 0. The number of ether oxygens (including phenoxy) is 1. The van der Waals surface area contributed by atoms with Gasteiger partial charge in [-0.2, -0.15) is 0 Å². The third-order valence-electron chi connectivity index (χ3n) is 2.03. The molecule has 1 aromatic rings. The first-order valence-corrected chi connectivity index (χ1v) is 8.48. The predicted octanol–water partition coefficient (Wildman–Crippen LogP) is 1.37. The number of nitrogens with zero attached hydrogens (tertiary/aromatic N) is 1. The van der Waals surface area contributed by atoms with E-state index in [1.165, 1.54) is 11.3 Å². The molecule has 0 unspecified atom stereocenters. The minimum Gasteiger partial charge on any atom is -0.379 e. The van der Waals surface area contributed by atoms with Crippen LogP contribution in [0.15, 0.2) is 20.1 Å². The number of likely N-dealkylation sites (N-methyl/N-ethyl adjacent to an activating group) is 1. The van der Waals surface area contributed by atoms with Gasteiger partial charge in [0, 0.05) is 13.1 Å². The van der Waals surface area contributed by atoms with Crippen molar-refractivity contribution >= 4 is 37.3 Å². The summed E-state index contributed by atoms with van der Waals surface area (Å²) in [6.45, 7) is 2.08. The Labute approximate surface area is 120 Å². The van der Waals surface area contributed by atoms with Crippen molar-refractivity contribution < 1.29 is 13.2 Å². The van der Waals surface area contributed by atoms with Crippen LogP contribution in [0.4, 0.5) is 0 Å². The lowest BCUT2D eigenvalue weighted by atomic mass is 10.6. The third kappa shape index (κ3) is 5.77. The van der Waals surface area contributed by atoms with E-state index in [0.717, 1.165) is 10.3 Å². The van der Waals surface area contributed by atoms with Gasteiger partial charge in [0.2, 0.25) is 10.0 Å². The number of halogens is 1. The lowest BCUT2D eigenvalue weighted by Gasteiger charge is -2.10. The number of thiophene rings is 1. The maximum absolute atomic E-state index is 11.8. The molecule has 0 aromatic carbocycles. The van der Waals surface area contributed by atoms with Gasteiger partial charge in [-0.3, -0.25) is 0 Å². The molecule has 1 N–H and O–H groups in total. The number of rotatable bonds is 8. The van der Waals surface area contributed by atoms with Gasteiger partial charge in [0.1, 0.15) is 4.21 Å².